The molecular weight excluding hydrogens is 675 g/mol. The molecule has 2 unspecified atom stereocenters. The Bertz CT molecular complexity index is 2080. The fraction of sp³-hybridized carbons (Fsp3) is 0.432. The standard InChI is InChI=1S/C37H45N5O8S/c1-7-26-21-41(51(48,49)31-12-10-9-11-30(31)50-26)20-25-19-24(14-13-22(25)3)33(27-15-17-29-34(23(27)4)39-40-42(29)8-2)37(5,6)36(47)38-28(35(45)46)16-18-32(43)44/h9-15,17,19,26,28,33H,7-8,16,18,20-21H2,1-6H3,(H,38,47)(H,43,44)(H,45,46)/t26-,28?,33?/m1/s1. The topological polar surface area (TPSA) is 181 Å². The predicted octanol–water partition coefficient (Wildman–Crippen LogP) is 5.02. The summed E-state index contributed by atoms with van der Waals surface area (Å²) in [5.74, 6) is -3.44. The predicted molar refractivity (Wildman–Crippen MR) is 190 cm³/mol. The lowest BCUT2D eigenvalue weighted by Crippen LogP contribution is -2.49. The van der Waals surface area contributed by atoms with Crippen LogP contribution in [0.2, 0.25) is 0 Å². The summed E-state index contributed by atoms with van der Waals surface area (Å²) in [5.41, 5.74) is 4.01. The molecule has 1 aliphatic heterocycles. The van der Waals surface area contributed by atoms with Gasteiger partial charge in [0.2, 0.25) is 15.9 Å². The number of aromatic nitrogens is 3. The maximum Gasteiger partial charge on any atom is 0.326 e. The van der Waals surface area contributed by atoms with E-state index in [1.54, 1.807) is 42.8 Å². The quantitative estimate of drug-likeness (QED) is 0.170. The van der Waals surface area contributed by atoms with Gasteiger partial charge in [0.05, 0.1) is 17.5 Å². The van der Waals surface area contributed by atoms with Crippen LogP contribution in [0.5, 0.6) is 5.75 Å². The number of fused-ring (bicyclic) bond motifs is 2. The van der Waals surface area contributed by atoms with Crippen molar-refractivity contribution in [3.63, 3.8) is 0 Å². The van der Waals surface area contributed by atoms with Crippen LogP contribution in [0.25, 0.3) is 11.0 Å². The molecule has 0 radical (unpaired) electrons. The van der Waals surface area contributed by atoms with E-state index in [1.165, 1.54) is 4.31 Å². The Hall–Kier alpha value is -4.82. The Morgan fingerprint density at radius 1 is 1.06 bits per heavy atom. The van der Waals surface area contributed by atoms with Crippen molar-refractivity contribution in [2.45, 2.75) is 96.9 Å². The van der Waals surface area contributed by atoms with E-state index in [1.807, 2.05) is 58.0 Å². The third-order valence-electron chi connectivity index (χ3n) is 9.83. The van der Waals surface area contributed by atoms with Crippen LogP contribution >= 0.6 is 0 Å². The minimum atomic E-state index is -3.94. The summed E-state index contributed by atoms with van der Waals surface area (Å²) in [6.07, 6.45) is -0.484. The fourth-order valence-electron chi connectivity index (χ4n) is 6.75. The molecule has 2 heterocycles. The Morgan fingerprint density at radius 3 is 2.45 bits per heavy atom. The molecule has 1 amide bonds. The summed E-state index contributed by atoms with van der Waals surface area (Å²) in [5, 5.41) is 30.3. The monoisotopic (exact) mass is 719 g/mol. The van der Waals surface area contributed by atoms with Gasteiger partial charge in [0, 0.05) is 25.4 Å². The molecule has 5 rings (SSSR count). The van der Waals surface area contributed by atoms with Crippen LogP contribution in [-0.2, 0) is 37.5 Å². The van der Waals surface area contributed by atoms with Gasteiger partial charge in [-0.05, 0) is 79.6 Å². The van der Waals surface area contributed by atoms with E-state index in [9.17, 15) is 33.0 Å². The van der Waals surface area contributed by atoms with Crippen molar-refractivity contribution in [1.29, 1.82) is 0 Å². The van der Waals surface area contributed by atoms with Gasteiger partial charge in [-0.1, -0.05) is 62.4 Å². The number of sulfonamides is 1. The van der Waals surface area contributed by atoms with Gasteiger partial charge in [0.15, 0.2) is 0 Å². The molecule has 13 nitrogen and oxygen atoms in total. The van der Waals surface area contributed by atoms with E-state index in [0.717, 1.165) is 27.8 Å². The molecule has 0 bridgehead atoms. The molecule has 0 fully saturated rings. The van der Waals surface area contributed by atoms with Crippen LogP contribution in [0.3, 0.4) is 0 Å². The zero-order valence-corrected chi connectivity index (χ0v) is 30.5. The zero-order chi connectivity index (χ0) is 37.2. The summed E-state index contributed by atoms with van der Waals surface area (Å²) >= 11 is 0. The van der Waals surface area contributed by atoms with Crippen LogP contribution in [0.1, 0.15) is 80.7 Å². The van der Waals surface area contributed by atoms with Crippen LogP contribution in [0.15, 0.2) is 59.5 Å². The maximum atomic E-state index is 14.2. The highest BCUT2D eigenvalue weighted by Gasteiger charge is 2.42. The SMILES string of the molecule is CC[C@@H]1CN(Cc2cc(C(c3ccc4c(nnn4CC)c3C)C(C)(C)C(=O)NC(CCC(=O)O)C(=O)O)ccc2C)S(=O)(=O)c2ccccc2O1. The second-order valence-corrected chi connectivity index (χ2v) is 15.5. The molecular formula is C37H45N5O8S. The molecule has 4 aromatic rings. The van der Waals surface area contributed by atoms with E-state index in [-0.39, 0.29) is 30.5 Å². The van der Waals surface area contributed by atoms with Crippen molar-refractivity contribution in [2.24, 2.45) is 5.41 Å². The summed E-state index contributed by atoms with van der Waals surface area (Å²) < 4.78 is 37.4. The average Bonchev–Trinajstić information content (AvgIpc) is 3.47. The molecule has 51 heavy (non-hydrogen) atoms. The second-order valence-electron chi connectivity index (χ2n) is 13.6. The number of nitrogens with one attached hydrogen (secondary N) is 1. The lowest BCUT2D eigenvalue weighted by Gasteiger charge is -2.36. The molecule has 0 saturated carbocycles. The molecule has 14 heteroatoms. The third kappa shape index (κ3) is 7.47. The third-order valence-corrected chi connectivity index (χ3v) is 11.7. The number of benzene rings is 3. The normalized spacial score (nSPS) is 17.2. The molecule has 0 spiro atoms. The number of rotatable bonds is 13. The van der Waals surface area contributed by atoms with E-state index < -0.39 is 51.7 Å². The number of aryl methyl sites for hydroxylation is 3. The molecule has 3 atom stereocenters. The maximum absolute atomic E-state index is 14.2. The number of nitrogens with zero attached hydrogens (tertiary/aromatic N) is 4. The van der Waals surface area contributed by atoms with E-state index >= 15 is 0 Å². The van der Waals surface area contributed by atoms with Gasteiger partial charge in [0.25, 0.3) is 0 Å². The number of carboxylic acid groups (broad SMARTS) is 2. The van der Waals surface area contributed by atoms with E-state index in [4.69, 9.17) is 4.74 Å². The van der Waals surface area contributed by atoms with E-state index in [2.05, 4.69) is 15.6 Å². The van der Waals surface area contributed by atoms with Gasteiger partial charge in [-0.3, -0.25) is 9.59 Å². The summed E-state index contributed by atoms with van der Waals surface area (Å²) in [7, 11) is -3.94. The lowest BCUT2D eigenvalue weighted by atomic mass is 9.69. The fourth-order valence-corrected chi connectivity index (χ4v) is 8.32. The average molecular weight is 720 g/mol. The Morgan fingerprint density at radius 2 is 1.78 bits per heavy atom. The summed E-state index contributed by atoms with van der Waals surface area (Å²) in [6, 6.07) is 14.7. The number of hydrogen-bond donors (Lipinski definition) is 3. The van der Waals surface area contributed by atoms with Gasteiger partial charge >= 0.3 is 11.9 Å². The number of carboxylic acids is 2. The van der Waals surface area contributed by atoms with Gasteiger partial charge in [-0.15, -0.1) is 5.10 Å². The van der Waals surface area contributed by atoms with Crippen LogP contribution in [0.4, 0.5) is 0 Å². The van der Waals surface area contributed by atoms with Crippen molar-refractivity contribution in [1.82, 2.24) is 24.6 Å². The molecule has 1 aliphatic rings. The Kier molecular flexibility index (Phi) is 10.9. The molecule has 3 N–H and O–H groups in total. The highest BCUT2D eigenvalue weighted by atomic mass is 32.2. The van der Waals surface area contributed by atoms with Crippen molar-refractivity contribution in [3.8, 4) is 5.75 Å². The molecule has 3 aromatic carbocycles. The largest absolute Gasteiger partial charge is 0.488 e. The summed E-state index contributed by atoms with van der Waals surface area (Å²) in [4.78, 5) is 37.6. The van der Waals surface area contributed by atoms with Crippen molar-refractivity contribution < 1.29 is 37.8 Å². The lowest BCUT2D eigenvalue weighted by molar-refractivity contribution is -0.144. The van der Waals surface area contributed by atoms with Crippen molar-refractivity contribution >= 4 is 38.9 Å². The number of ether oxygens (including phenoxy) is 1. The first-order valence-electron chi connectivity index (χ1n) is 17.0. The number of aliphatic carboxylic acids is 2. The number of carbonyl (C=O) groups is 3. The smallest absolute Gasteiger partial charge is 0.326 e. The minimum absolute atomic E-state index is 0.0503. The molecule has 0 saturated heterocycles. The molecule has 1 aromatic heterocycles. The second kappa shape index (κ2) is 14.8. The molecule has 272 valence electrons. The summed E-state index contributed by atoms with van der Waals surface area (Å²) in [6.45, 7) is 11.9. The van der Waals surface area contributed by atoms with Gasteiger partial charge in [-0.25, -0.2) is 17.9 Å². The van der Waals surface area contributed by atoms with E-state index in [0.29, 0.717) is 29.8 Å². The number of hydrogen-bond acceptors (Lipinski definition) is 8. The van der Waals surface area contributed by atoms with Crippen LogP contribution in [0, 0.1) is 19.3 Å². The number of carbonyl (C=O) groups excluding carboxylic acids is 1. The van der Waals surface area contributed by atoms with Crippen LogP contribution < -0.4 is 10.1 Å². The molecule has 0 aliphatic carbocycles. The van der Waals surface area contributed by atoms with Gasteiger partial charge < -0.3 is 20.3 Å². The highest BCUT2D eigenvalue weighted by molar-refractivity contribution is 7.89. The number of amides is 1. The number of para-hydroxylation sites is 1. The first-order valence-corrected chi connectivity index (χ1v) is 18.5. The zero-order valence-electron chi connectivity index (χ0n) is 29.7. The Labute approximate surface area is 297 Å². The van der Waals surface area contributed by atoms with Gasteiger partial charge in [0.1, 0.15) is 28.3 Å². The van der Waals surface area contributed by atoms with Crippen LogP contribution in [-0.4, -0.2) is 74.5 Å². The van der Waals surface area contributed by atoms with Crippen molar-refractivity contribution in [3.05, 3.63) is 82.4 Å². The first-order chi connectivity index (χ1) is 24.1. The minimum Gasteiger partial charge on any atom is -0.488 e. The first kappa shape index (κ1) is 37.4. The van der Waals surface area contributed by atoms with Gasteiger partial charge in [-0.2, -0.15) is 4.31 Å². The highest BCUT2D eigenvalue weighted by Crippen LogP contribution is 2.44. The Balaban J connectivity index is 1.62. The van der Waals surface area contributed by atoms with Crippen molar-refractivity contribution in [2.75, 3.05) is 6.54 Å².